The molecule has 0 bridgehead atoms. The van der Waals surface area contributed by atoms with E-state index in [4.69, 9.17) is 25.0 Å². The molecule has 0 saturated heterocycles. The van der Waals surface area contributed by atoms with Crippen molar-refractivity contribution in [2.24, 2.45) is 5.73 Å². The molecule has 0 unspecified atom stereocenters. The Hall–Kier alpha value is -4.70. The minimum absolute atomic E-state index is 0.0491. The Morgan fingerprint density at radius 1 is 0.946 bits per heavy atom. The van der Waals surface area contributed by atoms with E-state index in [1.807, 2.05) is 66.7 Å². The van der Waals surface area contributed by atoms with E-state index in [0.717, 1.165) is 39.1 Å². The second-order valence-corrected chi connectivity index (χ2v) is 7.86. The summed E-state index contributed by atoms with van der Waals surface area (Å²) in [5, 5.41) is 18.2. The molecule has 0 amide bonds. The number of halogens is 3. The van der Waals surface area contributed by atoms with Crippen molar-refractivity contribution < 1.29 is 32.6 Å². The number of hydrogen-bond acceptors (Lipinski definition) is 6. The van der Waals surface area contributed by atoms with E-state index in [1.54, 1.807) is 18.7 Å². The topological polar surface area (TPSA) is 122 Å². The van der Waals surface area contributed by atoms with Crippen molar-refractivity contribution in [3.8, 4) is 39.4 Å². The number of carboxylic acid groups (broad SMARTS) is 1. The molecule has 0 atom stereocenters. The molecule has 10 heteroatoms. The molecule has 0 aliphatic rings. The molecule has 7 nitrogen and oxygen atoms in total. The Labute approximate surface area is 208 Å². The molecule has 3 aromatic heterocycles. The third-order valence-corrected chi connectivity index (χ3v) is 5.46. The lowest BCUT2D eigenvalue weighted by atomic mass is 9.96. The zero-order chi connectivity index (χ0) is 26.6. The number of carbonyl (C=O) groups is 1. The van der Waals surface area contributed by atoms with Gasteiger partial charge in [0.2, 0.25) is 5.88 Å². The maximum atomic E-state index is 10.6. The minimum Gasteiger partial charge on any atom is -0.493 e. The molecule has 37 heavy (non-hydrogen) atoms. The highest BCUT2D eigenvalue weighted by Gasteiger charge is 2.38. The minimum atomic E-state index is -5.08. The van der Waals surface area contributed by atoms with Gasteiger partial charge < -0.3 is 20.4 Å². The van der Waals surface area contributed by atoms with Gasteiger partial charge in [0.05, 0.1) is 29.1 Å². The summed E-state index contributed by atoms with van der Waals surface area (Å²) >= 11 is 0. The second kappa shape index (κ2) is 10.5. The van der Waals surface area contributed by atoms with Crippen LogP contribution in [0.5, 0.6) is 5.88 Å². The van der Waals surface area contributed by atoms with Crippen molar-refractivity contribution in [2.45, 2.75) is 12.7 Å². The number of carboxylic acids is 1. The van der Waals surface area contributed by atoms with Crippen molar-refractivity contribution in [1.29, 1.82) is 0 Å². The summed E-state index contributed by atoms with van der Waals surface area (Å²) < 4.78 is 37.0. The molecule has 0 aliphatic carbocycles. The van der Waals surface area contributed by atoms with Gasteiger partial charge in [0, 0.05) is 35.0 Å². The van der Waals surface area contributed by atoms with Gasteiger partial charge in [-0.3, -0.25) is 0 Å². The highest BCUT2D eigenvalue weighted by molar-refractivity contribution is 6.00. The number of hydrogen-bond donors (Lipinski definition) is 3. The molecule has 2 aromatic carbocycles. The van der Waals surface area contributed by atoms with Crippen LogP contribution in [0.4, 0.5) is 13.2 Å². The van der Waals surface area contributed by atoms with E-state index >= 15 is 0 Å². The number of nitrogens with zero attached hydrogens (tertiary/aromatic N) is 2. The van der Waals surface area contributed by atoms with Crippen molar-refractivity contribution >= 4 is 16.9 Å². The highest BCUT2D eigenvalue weighted by atomic mass is 19.4. The number of aromatic hydroxyl groups is 1. The Morgan fingerprint density at radius 2 is 1.62 bits per heavy atom. The SMILES string of the molecule is NCc1ccc(-c2nc3c(-c4ccoc4)cnc(O)c3cc2-c2ccccc2)cc1.O=C(O)C(F)(F)F. The average molecular weight is 507 g/mol. The molecular formula is C27H20F3N3O4. The first-order chi connectivity index (χ1) is 17.7. The number of benzene rings is 2. The molecule has 5 rings (SSSR count). The zero-order valence-electron chi connectivity index (χ0n) is 19.1. The van der Waals surface area contributed by atoms with Crippen LogP contribution >= 0.6 is 0 Å². The molecule has 5 aromatic rings. The van der Waals surface area contributed by atoms with Crippen molar-refractivity contribution in [2.75, 3.05) is 0 Å². The van der Waals surface area contributed by atoms with Gasteiger partial charge in [-0.05, 0) is 23.3 Å². The van der Waals surface area contributed by atoms with E-state index in [1.165, 1.54) is 0 Å². The number of pyridine rings is 2. The predicted octanol–water partition coefficient (Wildman–Crippen LogP) is 6.02. The van der Waals surface area contributed by atoms with Gasteiger partial charge in [-0.15, -0.1) is 0 Å². The number of aromatic nitrogens is 2. The van der Waals surface area contributed by atoms with Crippen LogP contribution in [0, 0.1) is 0 Å². The first-order valence-electron chi connectivity index (χ1n) is 10.9. The fourth-order valence-electron chi connectivity index (χ4n) is 3.63. The Balaban J connectivity index is 0.000000405. The van der Waals surface area contributed by atoms with Crippen LogP contribution in [-0.4, -0.2) is 32.3 Å². The fourth-order valence-corrected chi connectivity index (χ4v) is 3.63. The van der Waals surface area contributed by atoms with Crippen LogP contribution in [0.2, 0.25) is 0 Å². The zero-order valence-corrected chi connectivity index (χ0v) is 19.1. The third-order valence-electron chi connectivity index (χ3n) is 5.46. The molecule has 188 valence electrons. The van der Waals surface area contributed by atoms with E-state index in [2.05, 4.69) is 4.98 Å². The summed E-state index contributed by atoms with van der Waals surface area (Å²) in [6, 6.07) is 21.9. The summed E-state index contributed by atoms with van der Waals surface area (Å²) in [4.78, 5) is 18.1. The van der Waals surface area contributed by atoms with Gasteiger partial charge in [-0.1, -0.05) is 54.6 Å². The number of furan rings is 1. The number of rotatable bonds is 4. The molecule has 0 saturated carbocycles. The van der Waals surface area contributed by atoms with Crippen molar-refractivity contribution in [3.63, 3.8) is 0 Å². The number of fused-ring (bicyclic) bond motifs is 1. The third kappa shape index (κ3) is 5.60. The lowest BCUT2D eigenvalue weighted by Gasteiger charge is -2.14. The monoisotopic (exact) mass is 507 g/mol. The van der Waals surface area contributed by atoms with E-state index < -0.39 is 12.1 Å². The van der Waals surface area contributed by atoms with Crippen LogP contribution < -0.4 is 5.73 Å². The summed E-state index contributed by atoms with van der Waals surface area (Å²) in [7, 11) is 0. The lowest BCUT2D eigenvalue weighted by Crippen LogP contribution is -2.21. The molecule has 4 N–H and O–H groups in total. The molecular weight excluding hydrogens is 487 g/mol. The number of alkyl halides is 3. The summed E-state index contributed by atoms with van der Waals surface area (Å²) in [5.41, 5.74) is 12.9. The average Bonchev–Trinajstić information content (AvgIpc) is 3.43. The van der Waals surface area contributed by atoms with Gasteiger partial charge in [0.15, 0.2) is 0 Å². The first kappa shape index (κ1) is 25.4. The van der Waals surface area contributed by atoms with Crippen LogP contribution in [-0.2, 0) is 11.3 Å². The summed E-state index contributed by atoms with van der Waals surface area (Å²) in [5.74, 6) is -2.81. The normalized spacial score (nSPS) is 11.1. The quantitative estimate of drug-likeness (QED) is 0.272. The molecule has 0 spiro atoms. The lowest BCUT2D eigenvalue weighted by molar-refractivity contribution is -0.192. The molecule has 0 aliphatic heterocycles. The van der Waals surface area contributed by atoms with Crippen molar-refractivity contribution in [1.82, 2.24) is 9.97 Å². The van der Waals surface area contributed by atoms with Crippen molar-refractivity contribution in [3.05, 3.63) is 91.0 Å². The Morgan fingerprint density at radius 3 is 2.19 bits per heavy atom. The largest absolute Gasteiger partial charge is 0.493 e. The van der Waals surface area contributed by atoms with Gasteiger partial charge in [0.1, 0.15) is 0 Å². The van der Waals surface area contributed by atoms with Gasteiger partial charge in [-0.2, -0.15) is 13.2 Å². The molecule has 3 heterocycles. The predicted molar refractivity (Wildman–Crippen MR) is 131 cm³/mol. The van der Waals surface area contributed by atoms with Gasteiger partial charge in [-0.25, -0.2) is 14.8 Å². The van der Waals surface area contributed by atoms with Crippen LogP contribution in [0.15, 0.2) is 89.9 Å². The maximum Gasteiger partial charge on any atom is 0.490 e. The Kier molecular flexibility index (Phi) is 7.21. The van der Waals surface area contributed by atoms with Crippen LogP contribution in [0.25, 0.3) is 44.4 Å². The number of nitrogens with two attached hydrogens (primary N) is 1. The van der Waals surface area contributed by atoms with Crippen LogP contribution in [0.3, 0.4) is 0 Å². The molecule has 0 fully saturated rings. The van der Waals surface area contributed by atoms with E-state index in [-0.39, 0.29) is 5.88 Å². The highest BCUT2D eigenvalue weighted by Crippen LogP contribution is 2.38. The smallest absolute Gasteiger partial charge is 0.490 e. The fraction of sp³-hybridized carbons (Fsp3) is 0.0741. The standard InChI is InChI=1S/C25H19N3O2.C2HF3O2/c26-13-16-6-8-18(9-7-16)23-20(17-4-2-1-3-5-17)12-21-24(28-23)22(14-27-25(21)29)19-10-11-30-15-19;3-2(4,5)1(6)7/h1-12,14-15H,13,26H2,(H,27,29);(H,6,7). The van der Waals surface area contributed by atoms with Gasteiger partial charge >= 0.3 is 12.1 Å². The maximum absolute atomic E-state index is 10.6. The summed E-state index contributed by atoms with van der Waals surface area (Å²) in [6.45, 7) is 0.487. The second-order valence-electron chi connectivity index (χ2n) is 7.86. The summed E-state index contributed by atoms with van der Waals surface area (Å²) in [6.07, 6.45) is -0.201. The Bertz CT molecular complexity index is 1520. The number of aliphatic carboxylic acids is 1. The van der Waals surface area contributed by atoms with Crippen LogP contribution in [0.1, 0.15) is 5.56 Å². The van der Waals surface area contributed by atoms with E-state index in [9.17, 15) is 18.3 Å². The first-order valence-corrected chi connectivity index (χ1v) is 10.9. The molecule has 0 radical (unpaired) electrons. The van der Waals surface area contributed by atoms with E-state index in [0.29, 0.717) is 17.4 Å². The van der Waals surface area contributed by atoms with Gasteiger partial charge in [0.25, 0.3) is 0 Å².